The number of methoxy groups -OCH3 is 1. The van der Waals surface area contributed by atoms with Gasteiger partial charge in [-0.3, -0.25) is 9.48 Å². The minimum Gasteiger partial charge on any atom is -0.450 e. The summed E-state index contributed by atoms with van der Waals surface area (Å²) in [5, 5.41) is 8.12. The van der Waals surface area contributed by atoms with E-state index in [9.17, 15) is 4.79 Å². The van der Waals surface area contributed by atoms with Crippen molar-refractivity contribution in [3.63, 3.8) is 0 Å². The summed E-state index contributed by atoms with van der Waals surface area (Å²) in [6.07, 6.45) is 1.70. The zero-order chi connectivity index (χ0) is 18.1. The highest BCUT2D eigenvalue weighted by molar-refractivity contribution is 5.99. The Morgan fingerprint density at radius 2 is 2.04 bits per heavy atom. The van der Waals surface area contributed by atoms with E-state index >= 15 is 0 Å². The minimum absolute atomic E-state index is 0.256. The highest BCUT2D eigenvalue weighted by Gasteiger charge is 2.23. The number of rotatable bonds is 5. The van der Waals surface area contributed by atoms with Crippen LogP contribution >= 0.6 is 0 Å². The number of fused-ring (bicyclic) bond motifs is 1. The summed E-state index contributed by atoms with van der Waals surface area (Å²) in [6.45, 7) is 6.29. The normalized spacial score (nSPS) is 12.5. The van der Waals surface area contributed by atoms with Crippen molar-refractivity contribution >= 4 is 16.9 Å². The van der Waals surface area contributed by atoms with Gasteiger partial charge in [-0.25, -0.2) is 0 Å². The van der Waals surface area contributed by atoms with Gasteiger partial charge < -0.3 is 14.5 Å². The Labute approximate surface area is 146 Å². The summed E-state index contributed by atoms with van der Waals surface area (Å²) >= 11 is 0. The molecule has 1 aromatic carbocycles. The highest BCUT2D eigenvalue weighted by atomic mass is 16.5. The molecule has 6 nitrogen and oxygen atoms in total. The lowest BCUT2D eigenvalue weighted by atomic mass is 10.0. The van der Waals surface area contributed by atoms with Gasteiger partial charge in [0.2, 0.25) is 0 Å². The predicted molar refractivity (Wildman–Crippen MR) is 95.7 cm³/mol. The van der Waals surface area contributed by atoms with E-state index in [1.165, 1.54) is 0 Å². The molecule has 0 unspecified atom stereocenters. The summed E-state index contributed by atoms with van der Waals surface area (Å²) in [7, 11) is 3.44. The van der Waals surface area contributed by atoms with Gasteiger partial charge in [-0.15, -0.1) is 0 Å². The number of nitrogens with zero attached hydrogens (tertiary/aromatic N) is 2. The molecule has 2 heterocycles. The monoisotopic (exact) mass is 341 g/mol. The molecule has 1 amide bonds. The fraction of sp³-hybridized carbons (Fsp3) is 0.368. The lowest BCUT2D eigenvalue weighted by Crippen LogP contribution is -2.32. The lowest BCUT2D eigenvalue weighted by molar-refractivity contribution is 0.0866. The van der Waals surface area contributed by atoms with Crippen molar-refractivity contribution in [1.29, 1.82) is 0 Å². The number of aromatic nitrogens is 2. The second kappa shape index (κ2) is 6.72. The van der Waals surface area contributed by atoms with E-state index in [1.807, 2.05) is 46.0 Å². The molecular formula is C19H23N3O3. The van der Waals surface area contributed by atoms with Gasteiger partial charge in [-0.2, -0.15) is 5.10 Å². The Balaban J connectivity index is 1.95. The first-order valence-corrected chi connectivity index (χ1v) is 8.21. The van der Waals surface area contributed by atoms with Crippen LogP contribution in [0.2, 0.25) is 0 Å². The molecule has 2 aromatic heterocycles. The standard InChI is InChI=1S/C19H23N3O3/c1-11-6-7-14-13(3)18(25-17(14)12(11)2)19(23)21-15(10-24-5)16-8-9-20-22(16)4/h6-9,15H,10H2,1-5H3,(H,21,23)/t15-/m0/s1. The molecule has 0 fully saturated rings. The van der Waals surface area contributed by atoms with Crippen molar-refractivity contribution in [2.24, 2.45) is 7.05 Å². The average molecular weight is 341 g/mol. The van der Waals surface area contributed by atoms with E-state index in [-0.39, 0.29) is 11.9 Å². The molecule has 1 atom stereocenters. The van der Waals surface area contributed by atoms with Crippen molar-refractivity contribution in [3.8, 4) is 0 Å². The van der Waals surface area contributed by atoms with Crippen LogP contribution in [0.3, 0.4) is 0 Å². The van der Waals surface area contributed by atoms with E-state index in [0.717, 1.165) is 33.4 Å². The van der Waals surface area contributed by atoms with E-state index < -0.39 is 0 Å². The van der Waals surface area contributed by atoms with Crippen molar-refractivity contribution in [2.75, 3.05) is 13.7 Å². The number of nitrogens with one attached hydrogen (secondary N) is 1. The van der Waals surface area contributed by atoms with Crippen LogP contribution in [-0.4, -0.2) is 29.4 Å². The van der Waals surface area contributed by atoms with Gasteiger partial charge in [0.05, 0.1) is 18.3 Å². The zero-order valence-corrected chi connectivity index (χ0v) is 15.2. The summed E-state index contributed by atoms with van der Waals surface area (Å²) in [4.78, 5) is 12.8. The Morgan fingerprint density at radius 3 is 2.68 bits per heavy atom. The third-order valence-electron chi connectivity index (χ3n) is 4.69. The van der Waals surface area contributed by atoms with Gasteiger partial charge in [0.15, 0.2) is 5.76 Å². The first kappa shape index (κ1) is 17.2. The fourth-order valence-corrected chi connectivity index (χ4v) is 3.05. The molecule has 3 rings (SSSR count). The zero-order valence-electron chi connectivity index (χ0n) is 15.2. The maximum Gasteiger partial charge on any atom is 0.287 e. The molecule has 3 aromatic rings. The Kier molecular flexibility index (Phi) is 4.63. The largest absolute Gasteiger partial charge is 0.450 e. The lowest BCUT2D eigenvalue weighted by Gasteiger charge is -2.17. The van der Waals surface area contributed by atoms with Gasteiger partial charge >= 0.3 is 0 Å². The summed E-state index contributed by atoms with van der Waals surface area (Å²) in [5.74, 6) is 0.0842. The summed E-state index contributed by atoms with van der Waals surface area (Å²) < 4.78 is 12.9. The van der Waals surface area contributed by atoms with Gasteiger partial charge in [0.1, 0.15) is 5.58 Å². The first-order valence-electron chi connectivity index (χ1n) is 8.21. The predicted octanol–water partition coefficient (Wildman–Crippen LogP) is 3.21. The van der Waals surface area contributed by atoms with Crippen molar-refractivity contribution < 1.29 is 13.9 Å². The van der Waals surface area contributed by atoms with Crippen molar-refractivity contribution in [2.45, 2.75) is 26.8 Å². The molecule has 0 bridgehead atoms. The Bertz CT molecular complexity index is 924. The van der Waals surface area contributed by atoms with Gasteiger partial charge in [0.25, 0.3) is 5.91 Å². The quantitative estimate of drug-likeness (QED) is 0.774. The summed E-state index contributed by atoms with van der Waals surface area (Å²) in [5.41, 5.74) is 4.68. The second-order valence-electron chi connectivity index (χ2n) is 6.30. The van der Waals surface area contributed by atoms with Crippen LogP contribution in [-0.2, 0) is 11.8 Å². The molecule has 25 heavy (non-hydrogen) atoms. The fourth-order valence-electron chi connectivity index (χ4n) is 3.05. The number of furan rings is 1. The number of carbonyl (C=O) groups excluding carboxylic acids is 1. The van der Waals surface area contributed by atoms with Crippen LogP contribution in [0.5, 0.6) is 0 Å². The van der Waals surface area contributed by atoms with Gasteiger partial charge in [0, 0.05) is 31.3 Å². The number of ether oxygens (including phenoxy) is 1. The average Bonchev–Trinajstić information content (AvgIpc) is 3.15. The van der Waals surface area contributed by atoms with Crippen LogP contribution in [0, 0.1) is 20.8 Å². The third kappa shape index (κ3) is 3.05. The number of carbonyl (C=O) groups is 1. The molecule has 0 aliphatic carbocycles. The molecular weight excluding hydrogens is 318 g/mol. The smallest absolute Gasteiger partial charge is 0.287 e. The molecule has 0 aliphatic rings. The Morgan fingerprint density at radius 1 is 1.28 bits per heavy atom. The molecule has 1 N–H and O–H groups in total. The van der Waals surface area contributed by atoms with Gasteiger partial charge in [-0.1, -0.05) is 12.1 Å². The molecule has 0 saturated heterocycles. The third-order valence-corrected chi connectivity index (χ3v) is 4.69. The number of amides is 1. The van der Waals surface area contributed by atoms with Crippen molar-refractivity contribution in [3.05, 3.63) is 52.5 Å². The molecule has 0 saturated carbocycles. The Hall–Kier alpha value is -2.60. The molecule has 6 heteroatoms. The van der Waals surface area contributed by atoms with Crippen molar-refractivity contribution in [1.82, 2.24) is 15.1 Å². The maximum absolute atomic E-state index is 12.8. The van der Waals surface area contributed by atoms with Crippen LogP contribution in [0.4, 0.5) is 0 Å². The summed E-state index contributed by atoms with van der Waals surface area (Å²) in [6, 6.07) is 5.61. The van der Waals surface area contributed by atoms with E-state index in [1.54, 1.807) is 18.0 Å². The van der Waals surface area contributed by atoms with Crippen LogP contribution in [0.15, 0.2) is 28.8 Å². The van der Waals surface area contributed by atoms with Crippen LogP contribution in [0.25, 0.3) is 11.0 Å². The molecule has 0 spiro atoms. The molecule has 0 aliphatic heterocycles. The minimum atomic E-state index is -0.305. The number of aryl methyl sites for hydroxylation is 4. The van der Waals surface area contributed by atoms with E-state index in [0.29, 0.717) is 12.4 Å². The number of hydrogen-bond acceptors (Lipinski definition) is 4. The van der Waals surface area contributed by atoms with Crippen LogP contribution in [0.1, 0.15) is 39.0 Å². The van der Waals surface area contributed by atoms with Crippen LogP contribution < -0.4 is 5.32 Å². The topological polar surface area (TPSA) is 69.3 Å². The van der Waals surface area contributed by atoms with E-state index in [4.69, 9.17) is 9.15 Å². The number of benzene rings is 1. The number of hydrogen-bond donors (Lipinski definition) is 1. The van der Waals surface area contributed by atoms with Gasteiger partial charge in [-0.05, 0) is 38.0 Å². The highest BCUT2D eigenvalue weighted by Crippen LogP contribution is 2.29. The van der Waals surface area contributed by atoms with E-state index in [2.05, 4.69) is 10.4 Å². The first-order chi connectivity index (χ1) is 11.9. The maximum atomic E-state index is 12.8. The second-order valence-corrected chi connectivity index (χ2v) is 6.30. The molecule has 0 radical (unpaired) electrons. The molecule has 132 valence electrons. The SMILES string of the molecule is COC[C@H](NC(=O)c1oc2c(C)c(C)ccc2c1C)c1ccnn1C.